The highest BCUT2D eigenvalue weighted by Gasteiger charge is 2.04. The van der Waals surface area contributed by atoms with Gasteiger partial charge in [0.25, 0.3) is 0 Å². The van der Waals surface area contributed by atoms with E-state index < -0.39 is 0 Å². The van der Waals surface area contributed by atoms with E-state index in [0.717, 1.165) is 51.8 Å². The minimum atomic E-state index is -0.111. The van der Waals surface area contributed by atoms with E-state index in [-0.39, 0.29) is 11.7 Å². The summed E-state index contributed by atoms with van der Waals surface area (Å²) in [6.07, 6.45) is 7.89. The van der Waals surface area contributed by atoms with Gasteiger partial charge in [0.2, 0.25) is 0 Å². The fourth-order valence-corrected chi connectivity index (χ4v) is 2.56. The number of amidine groups is 1. The first-order chi connectivity index (χ1) is 19.9. The molecular weight excluding hydrogens is 516 g/mol. The number of aliphatic hydroxyl groups excluding tert-OH is 1. The smallest absolute Gasteiger partial charge is 0.119 e. The fraction of sp³-hybridized carbons (Fsp3) is 0.459. The van der Waals surface area contributed by atoms with Crippen LogP contribution in [0.5, 0.6) is 0 Å². The van der Waals surface area contributed by atoms with Gasteiger partial charge in [-0.25, -0.2) is 4.99 Å². The quantitative estimate of drug-likeness (QED) is 0.105. The predicted octanol–water partition coefficient (Wildman–Crippen LogP) is 11.0. The number of rotatable bonds is 11. The third kappa shape index (κ3) is 25.4. The molecule has 0 saturated carbocycles. The van der Waals surface area contributed by atoms with Crippen molar-refractivity contribution in [2.75, 3.05) is 7.05 Å². The lowest BCUT2D eigenvalue weighted by Gasteiger charge is -2.14. The van der Waals surface area contributed by atoms with Gasteiger partial charge in [-0.15, -0.1) is 0 Å². The molecule has 1 atom stereocenters. The first-order valence-electron chi connectivity index (χ1n) is 15.2. The van der Waals surface area contributed by atoms with E-state index in [2.05, 4.69) is 92.0 Å². The second-order valence-electron chi connectivity index (χ2n) is 9.01. The molecule has 5 heteroatoms. The Morgan fingerprint density at radius 3 is 1.81 bits per heavy atom. The van der Waals surface area contributed by atoms with Crippen LogP contribution in [0.2, 0.25) is 0 Å². The van der Waals surface area contributed by atoms with Crippen molar-refractivity contribution in [2.24, 2.45) is 15.9 Å². The summed E-state index contributed by atoms with van der Waals surface area (Å²) < 4.78 is 0. The maximum absolute atomic E-state index is 9.34. The van der Waals surface area contributed by atoms with Crippen LogP contribution in [0.1, 0.15) is 107 Å². The maximum atomic E-state index is 9.34. The zero-order chi connectivity index (χ0) is 33.7. The summed E-state index contributed by atoms with van der Waals surface area (Å²) in [5.74, 6) is 0.862. The first-order valence-corrected chi connectivity index (χ1v) is 15.2. The van der Waals surface area contributed by atoms with E-state index >= 15 is 0 Å². The molecule has 0 bridgehead atoms. The molecule has 0 spiro atoms. The number of allylic oxidation sites excluding steroid dienone is 4. The molecule has 0 aliphatic heterocycles. The van der Waals surface area contributed by atoms with Crippen molar-refractivity contribution in [3.63, 3.8) is 0 Å². The molecule has 0 aliphatic carbocycles. The number of benzene rings is 1. The van der Waals surface area contributed by atoms with Gasteiger partial charge in [-0.05, 0) is 50.8 Å². The zero-order valence-electron chi connectivity index (χ0n) is 29.4. The molecule has 1 unspecified atom stereocenters. The van der Waals surface area contributed by atoms with Crippen LogP contribution in [0.25, 0.3) is 5.70 Å². The molecule has 0 heterocycles. The van der Waals surface area contributed by atoms with Crippen LogP contribution in [-0.2, 0) is 6.54 Å². The van der Waals surface area contributed by atoms with Crippen LogP contribution >= 0.6 is 0 Å². The van der Waals surface area contributed by atoms with Crippen molar-refractivity contribution in [1.29, 1.82) is 0 Å². The average molecular weight is 581 g/mol. The molecule has 1 aromatic carbocycles. The normalized spacial score (nSPS) is 10.9. The third-order valence-electron chi connectivity index (χ3n) is 5.01. The molecule has 0 saturated heterocycles. The SMILES string of the molecule is C=C(CC)NC(=CC)c1ccc(CNC(=C)C(=C)C=CC(C)C(=C)O)cc1.CC.CC.CCC.CN=C(C)N=C(C)C. The lowest BCUT2D eigenvalue weighted by molar-refractivity contribution is 0.368. The van der Waals surface area contributed by atoms with Gasteiger partial charge in [0.1, 0.15) is 5.84 Å². The van der Waals surface area contributed by atoms with Crippen LogP contribution < -0.4 is 10.6 Å². The molecule has 0 aliphatic rings. The third-order valence-corrected chi connectivity index (χ3v) is 5.01. The molecule has 0 fully saturated rings. The Morgan fingerprint density at radius 1 is 0.952 bits per heavy atom. The molecule has 238 valence electrons. The van der Waals surface area contributed by atoms with Gasteiger partial charge >= 0.3 is 0 Å². The minimum absolute atomic E-state index is 0.111. The Bertz CT molecular complexity index is 1000. The van der Waals surface area contributed by atoms with Crippen molar-refractivity contribution in [3.8, 4) is 0 Å². The van der Waals surface area contributed by atoms with Gasteiger partial charge in [0, 0.05) is 42.3 Å². The maximum Gasteiger partial charge on any atom is 0.119 e. The van der Waals surface area contributed by atoms with Crippen LogP contribution in [0, 0.1) is 5.92 Å². The molecule has 3 N–H and O–H groups in total. The number of aliphatic imine (C=N–C) groups is 2. The molecule has 5 nitrogen and oxygen atoms in total. The standard InChI is InChI=1S/C24H32N2O.C6H12N2.C3H8.2C2H6/c1-8-19(5)26-24(9-2)23-14-12-22(13-15-23)16-25-20(6)17(3)10-11-18(4)21(7)27;1-5(2)8-6(3)7-4;1-3-2;2*1-2/h9-15,18,25-27H,3,5-8,16H2,1-2,4H3;1-4H3;3H2,1-2H3;2*1-2H3. The molecule has 0 amide bonds. The van der Waals surface area contributed by atoms with Gasteiger partial charge in [0.05, 0.1) is 5.76 Å². The highest BCUT2D eigenvalue weighted by Crippen LogP contribution is 2.16. The molecule has 0 aromatic heterocycles. The summed E-state index contributed by atoms with van der Waals surface area (Å²) >= 11 is 0. The van der Waals surface area contributed by atoms with E-state index in [1.54, 1.807) is 7.05 Å². The summed E-state index contributed by atoms with van der Waals surface area (Å²) in [7, 11) is 1.74. The average Bonchev–Trinajstić information content (AvgIpc) is 2.99. The van der Waals surface area contributed by atoms with Gasteiger partial charge in [-0.3, -0.25) is 4.99 Å². The van der Waals surface area contributed by atoms with E-state index in [1.165, 1.54) is 6.42 Å². The Morgan fingerprint density at radius 2 is 1.45 bits per heavy atom. The Kier molecular flexibility index (Phi) is 32.8. The highest BCUT2D eigenvalue weighted by molar-refractivity contribution is 5.94. The van der Waals surface area contributed by atoms with Crippen molar-refractivity contribution in [1.82, 2.24) is 10.6 Å². The summed E-state index contributed by atoms with van der Waals surface area (Å²) in [5.41, 5.74) is 6.91. The monoisotopic (exact) mass is 581 g/mol. The fourth-order valence-electron chi connectivity index (χ4n) is 2.56. The largest absolute Gasteiger partial charge is 0.512 e. The minimum Gasteiger partial charge on any atom is -0.512 e. The van der Waals surface area contributed by atoms with Gasteiger partial charge < -0.3 is 15.7 Å². The molecule has 0 radical (unpaired) electrons. The lowest BCUT2D eigenvalue weighted by atomic mass is 10.1. The number of aliphatic hydroxyl groups is 1. The highest BCUT2D eigenvalue weighted by atomic mass is 16.3. The number of nitrogens with zero attached hydrogens (tertiary/aromatic N) is 2. The van der Waals surface area contributed by atoms with Crippen LogP contribution in [0.4, 0.5) is 0 Å². The molecular formula is C37H64N4O. The summed E-state index contributed by atoms with van der Waals surface area (Å²) in [6, 6.07) is 8.36. The Hall–Kier alpha value is -3.60. The van der Waals surface area contributed by atoms with Crippen molar-refractivity contribution in [2.45, 2.75) is 102 Å². The second-order valence-corrected chi connectivity index (χ2v) is 9.01. The Balaban J connectivity index is -0.000000400. The van der Waals surface area contributed by atoms with Crippen LogP contribution in [0.15, 0.2) is 102 Å². The van der Waals surface area contributed by atoms with Crippen molar-refractivity contribution < 1.29 is 5.11 Å². The van der Waals surface area contributed by atoms with Crippen LogP contribution in [0.3, 0.4) is 0 Å². The first kappa shape index (κ1) is 45.4. The van der Waals surface area contributed by atoms with Crippen molar-refractivity contribution in [3.05, 3.63) is 103 Å². The number of hydrogen-bond acceptors (Lipinski definition) is 4. The number of hydrogen-bond donors (Lipinski definition) is 3. The van der Waals surface area contributed by atoms with E-state index in [1.807, 2.05) is 80.5 Å². The number of nitrogens with one attached hydrogen (secondary N) is 2. The lowest BCUT2D eigenvalue weighted by Crippen LogP contribution is -2.13. The zero-order valence-corrected chi connectivity index (χ0v) is 29.4. The van der Waals surface area contributed by atoms with Crippen molar-refractivity contribution >= 4 is 17.2 Å². The predicted molar refractivity (Wildman–Crippen MR) is 194 cm³/mol. The second kappa shape index (κ2) is 30.4. The molecule has 42 heavy (non-hydrogen) atoms. The molecule has 1 rings (SSSR count). The summed E-state index contributed by atoms with van der Waals surface area (Å²) in [6.45, 7) is 40.2. The van der Waals surface area contributed by atoms with Gasteiger partial charge in [-0.1, -0.05) is 131 Å². The molecule has 1 aromatic rings. The van der Waals surface area contributed by atoms with E-state index in [0.29, 0.717) is 6.54 Å². The summed E-state index contributed by atoms with van der Waals surface area (Å²) in [5, 5.41) is 16.0. The Labute approximate surface area is 260 Å². The van der Waals surface area contributed by atoms with Gasteiger partial charge in [0.15, 0.2) is 0 Å². The topological polar surface area (TPSA) is 69.0 Å². The van der Waals surface area contributed by atoms with Crippen LogP contribution in [-0.4, -0.2) is 23.7 Å². The van der Waals surface area contributed by atoms with Gasteiger partial charge in [-0.2, -0.15) is 0 Å². The summed E-state index contributed by atoms with van der Waals surface area (Å²) in [4.78, 5) is 7.92. The van der Waals surface area contributed by atoms with E-state index in [9.17, 15) is 5.11 Å². The van der Waals surface area contributed by atoms with E-state index in [4.69, 9.17) is 0 Å².